The molecular formula is C30H52N2O4S. The molecule has 7 heteroatoms. The Balaban J connectivity index is 1.51. The van der Waals surface area contributed by atoms with Gasteiger partial charge in [0.25, 0.3) is 5.91 Å². The average molecular weight is 537 g/mol. The topological polar surface area (TPSA) is 66.9 Å². The summed E-state index contributed by atoms with van der Waals surface area (Å²) in [6, 6.07) is 6.46. The molecule has 1 aromatic rings. The largest absolute Gasteiger partial charge is 0.380 e. The third-order valence-electron chi connectivity index (χ3n) is 7.18. The van der Waals surface area contributed by atoms with E-state index in [1.165, 1.54) is 94.2 Å². The molecule has 37 heavy (non-hydrogen) atoms. The predicted molar refractivity (Wildman–Crippen MR) is 154 cm³/mol. The Kier molecular flexibility index (Phi) is 15.2. The van der Waals surface area contributed by atoms with Crippen LogP contribution < -0.4 is 4.31 Å². The number of hydrogen-bond acceptors (Lipinski definition) is 4. The minimum absolute atomic E-state index is 0.203. The van der Waals surface area contributed by atoms with Crippen LogP contribution in [0.3, 0.4) is 0 Å². The molecule has 0 bridgehead atoms. The highest BCUT2D eigenvalue weighted by molar-refractivity contribution is 7.91. The summed E-state index contributed by atoms with van der Waals surface area (Å²) in [7, 11) is -3.91. The van der Waals surface area contributed by atoms with Gasteiger partial charge in [-0.05, 0) is 32.4 Å². The van der Waals surface area contributed by atoms with Crippen LogP contribution in [0.2, 0.25) is 0 Å². The molecule has 0 atom stereocenters. The molecule has 0 aliphatic carbocycles. The quantitative estimate of drug-likeness (QED) is 0.150. The van der Waals surface area contributed by atoms with Gasteiger partial charge in [0, 0.05) is 12.6 Å². The molecule has 212 valence electrons. The lowest BCUT2D eigenvalue weighted by molar-refractivity contribution is 0.0829. The average Bonchev–Trinajstić information content (AvgIpc) is 2.86. The number of carbonyl (C=O) groups excluding carboxylic acids is 1. The molecule has 1 aromatic carbocycles. The zero-order valence-corrected chi connectivity index (χ0v) is 24.6. The van der Waals surface area contributed by atoms with Gasteiger partial charge < -0.3 is 4.74 Å². The van der Waals surface area contributed by atoms with Crippen LogP contribution in [0, 0.1) is 0 Å². The van der Waals surface area contributed by atoms with Crippen molar-refractivity contribution in [2.24, 2.45) is 0 Å². The maximum absolute atomic E-state index is 13.1. The minimum Gasteiger partial charge on any atom is -0.380 e. The van der Waals surface area contributed by atoms with Crippen molar-refractivity contribution in [3.8, 4) is 0 Å². The van der Waals surface area contributed by atoms with Crippen molar-refractivity contribution < 1.29 is 17.9 Å². The molecule has 1 heterocycles. The van der Waals surface area contributed by atoms with Gasteiger partial charge in [0.05, 0.1) is 24.4 Å². The molecule has 0 spiro atoms. The fourth-order valence-corrected chi connectivity index (χ4v) is 6.83. The van der Waals surface area contributed by atoms with E-state index in [1.807, 2.05) is 0 Å². The lowest BCUT2D eigenvalue weighted by atomic mass is 10.0. The number of unbranched alkanes of at least 4 members (excludes halogenated alkanes) is 15. The van der Waals surface area contributed by atoms with Crippen molar-refractivity contribution in [1.29, 1.82) is 0 Å². The Morgan fingerprint density at radius 3 is 1.73 bits per heavy atom. The van der Waals surface area contributed by atoms with Gasteiger partial charge in [0.1, 0.15) is 0 Å². The van der Waals surface area contributed by atoms with Crippen LogP contribution in [0.1, 0.15) is 134 Å². The summed E-state index contributed by atoms with van der Waals surface area (Å²) in [5.41, 5.74) is 0.860. The van der Waals surface area contributed by atoms with E-state index >= 15 is 0 Å². The predicted octanol–water partition coefficient (Wildman–Crippen LogP) is 7.88. The summed E-state index contributed by atoms with van der Waals surface area (Å²) < 4.78 is 34.3. The Morgan fingerprint density at radius 1 is 0.730 bits per heavy atom. The van der Waals surface area contributed by atoms with Gasteiger partial charge in [-0.3, -0.25) is 9.10 Å². The van der Waals surface area contributed by atoms with Crippen LogP contribution >= 0.6 is 0 Å². The van der Waals surface area contributed by atoms with Crippen LogP contribution in [-0.2, 0) is 14.9 Å². The first kappa shape index (κ1) is 31.6. The summed E-state index contributed by atoms with van der Waals surface area (Å²) in [5, 5.41) is 0. The van der Waals surface area contributed by atoms with Crippen molar-refractivity contribution in [3.05, 3.63) is 29.8 Å². The van der Waals surface area contributed by atoms with Crippen molar-refractivity contribution in [2.45, 2.75) is 130 Å². The third-order valence-corrected chi connectivity index (χ3v) is 9.20. The molecule has 6 nitrogen and oxygen atoms in total. The first-order valence-corrected chi connectivity index (χ1v) is 16.3. The van der Waals surface area contributed by atoms with Gasteiger partial charge in [-0.1, -0.05) is 115 Å². The molecule has 1 aliphatic heterocycles. The molecule has 0 aromatic heterocycles. The molecule has 2 rings (SSSR count). The van der Waals surface area contributed by atoms with E-state index in [0.717, 1.165) is 17.1 Å². The van der Waals surface area contributed by atoms with E-state index in [9.17, 15) is 13.2 Å². The van der Waals surface area contributed by atoms with Crippen LogP contribution in [0.5, 0.6) is 0 Å². The number of fused-ring (bicyclic) bond motifs is 1. The normalized spacial score (nSPS) is 15.0. The molecule has 0 N–H and O–H groups in total. The Bertz CT molecular complexity index is 872. The highest BCUT2D eigenvalue weighted by Crippen LogP contribution is 2.33. The van der Waals surface area contributed by atoms with Crippen LogP contribution in [-0.4, -0.2) is 44.4 Å². The summed E-state index contributed by atoms with van der Waals surface area (Å²) >= 11 is 0. The second-order valence-electron chi connectivity index (χ2n) is 10.7. The van der Waals surface area contributed by atoms with Crippen LogP contribution in [0.4, 0.5) is 5.69 Å². The highest BCUT2D eigenvalue weighted by Gasteiger charge is 2.42. The molecular weight excluding hydrogens is 484 g/mol. The number of para-hydroxylation sites is 1. The Hall–Kier alpha value is -1.60. The Labute approximate surface area is 227 Å². The number of anilines is 1. The molecule has 0 fully saturated rings. The molecule has 0 unspecified atom stereocenters. The number of carbonyl (C=O) groups is 1. The SMILES string of the molecule is CCCCCCCCCCCCCCCCCCOCCN1c2ccccc2C(=O)N(C(C)C)S1(=O)=O. The summed E-state index contributed by atoms with van der Waals surface area (Å²) in [5.74, 6) is -0.462. The van der Waals surface area contributed by atoms with Gasteiger partial charge in [0.15, 0.2) is 0 Å². The second-order valence-corrected chi connectivity index (χ2v) is 12.4. The van der Waals surface area contributed by atoms with Crippen molar-refractivity contribution in [3.63, 3.8) is 0 Å². The van der Waals surface area contributed by atoms with Crippen LogP contribution in [0.25, 0.3) is 0 Å². The van der Waals surface area contributed by atoms with E-state index in [2.05, 4.69) is 6.92 Å². The van der Waals surface area contributed by atoms with Gasteiger partial charge >= 0.3 is 10.2 Å². The number of ether oxygens (including phenoxy) is 1. The standard InChI is InChI=1S/C30H52N2O4S/c1-4-5-6-7-8-9-10-11-12-13-14-15-16-17-18-21-25-36-26-24-31-29-23-20-19-22-28(29)30(33)32(27(2)3)37(31,34)35/h19-20,22-23,27H,4-18,21,24-26H2,1-3H3. The zero-order chi connectivity index (χ0) is 26.9. The zero-order valence-electron chi connectivity index (χ0n) is 23.8. The molecule has 1 amide bonds. The maximum Gasteiger partial charge on any atom is 0.329 e. The molecule has 0 saturated carbocycles. The first-order chi connectivity index (χ1) is 17.9. The summed E-state index contributed by atoms with van der Waals surface area (Å²) in [6.45, 7) is 6.86. The molecule has 1 aliphatic rings. The van der Waals surface area contributed by atoms with Gasteiger partial charge in [-0.2, -0.15) is 8.42 Å². The first-order valence-electron chi connectivity index (χ1n) is 14.9. The maximum atomic E-state index is 13.1. The third kappa shape index (κ3) is 10.6. The van der Waals surface area contributed by atoms with E-state index in [0.29, 0.717) is 24.5 Å². The van der Waals surface area contributed by atoms with E-state index in [-0.39, 0.29) is 6.54 Å². The molecule has 0 radical (unpaired) electrons. The van der Waals surface area contributed by atoms with Crippen molar-refractivity contribution >= 4 is 21.8 Å². The summed E-state index contributed by atoms with van der Waals surface area (Å²) in [6.07, 6.45) is 21.4. The molecule has 0 saturated heterocycles. The van der Waals surface area contributed by atoms with E-state index in [4.69, 9.17) is 4.74 Å². The fourth-order valence-electron chi connectivity index (χ4n) is 5.06. The number of hydrogen-bond donors (Lipinski definition) is 0. The minimum atomic E-state index is -3.91. The Morgan fingerprint density at radius 2 is 1.22 bits per heavy atom. The number of rotatable bonds is 21. The monoisotopic (exact) mass is 536 g/mol. The summed E-state index contributed by atoms with van der Waals surface area (Å²) in [4.78, 5) is 12.8. The van der Waals surface area contributed by atoms with Gasteiger partial charge in [-0.15, -0.1) is 0 Å². The van der Waals surface area contributed by atoms with Crippen molar-refractivity contribution in [2.75, 3.05) is 24.1 Å². The highest BCUT2D eigenvalue weighted by atomic mass is 32.2. The number of nitrogens with zero attached hydrogens (tertiary/aromatic N) is 2. The van der Waals surface area contributed by atoms with E-state index < -0.39 is 22.2 Å². The smallest absolute Gasteiger partial charge is 0.329 e. The van der Waals surface area contributed by atoms with Crippen LogP contribution in [0.15, 0.2) is 24.3 Å². The van der Waals surface area contributed by atoms with Gasteiger partial charge in [0.2, 0.25) is 0 Å². The number of amides is 1. The van der Waals surface area contributed by atoms with Crippen molar-refractivity contribution in [1.82, 2.24) is 4.31 Å². The lowest BCUT2D eigenvalue weighted by Gasteiger charge is -2.38. The fraction of sp³-hybridized carbons (Fsp3) is 0.767. The lowest BCUT2D eigenvalue weighted by Crippen LogP contribution is -2.54. The van der Waals surface area contributed by atoms with Gasteiger partial charge in [-0.25, -0.2) is 4.31 Å². The number of benzene rings is 1. The van der Waals surface area contributed by atoms with E-state index in [1.54, 1.807) is 38.1 Å². The second kappa shape index (κ2) is 17.8.